The van der Waals surface area contributed by atoms with Gasteiger partial charge in [0.25, 0.3) is 5.69 Å². The summed E-state index contributed by atoms with van der Waals surface area (Å²) in [5.41, 5.74) is -0.773. The predicted octanol–water partition coefficient (Wildman–Crippen LogP) is 1.41. The number of nitrogens with zero attached hydrogens (tertiary/aromatic N) is 2. The van der Waals surface area contributed by atoms with Crippen LogP contribution in [0.15, 0.2) is 12.1 Å². The Hall–Kier alpha value is -2.75. The molecule has 0 atom stereocenters. The highest BCUT2D eigenvalue weighted by molar-refractivity contribution is 7.20. The molecule has 0 saturated heterocycles. The fourth-order valence-corrected chi connectivity index (χ4v) is 2.79. The molecule has 10 heteroatoms. The Morgan fingerprint density at radius 2 is 2.05 bits per heavy atom. The summed E-state index contributed by atoms with van der Waals surface area (Å²) in [6, 6.07) is 2.14. The summed E-state index contributed by atoms with van der Waals surface area (Å²) in [6.07, 6.45) is 0. The van der Waals surface area contributed by atoms with Crippen LogP contribution >= 0.6 is 11.3 Å². The van der Waals surface area contributed by atoms with Gasteiger partial charge >= 0.3 is 16.9 Å². The average molecular weight is 326 g/mol. The van der Waals surface area contributed by atoms with E-state index in [1.165, 1.54) is 0 Å². The zero-order valence-electron chi connectivity index (χ0n) is 11.5. The summed E-state index contributed by atoms with van der Waals surface area (Å²) in [5, 5.41) is 22.9. The lowest BCUT2D eigenvalue weighted by atomic mass is 10.2. The van der Waals surface area contributed by atoms with E-state index < -0.39 is 22.5 Å². The zero-order chi connectivity index (χ0) is 16.4. The van der Waals surface area contributed by atoms with E-state index >= 15 is 0 Å². The molecule has 0 aliphatic carbocycles. The number of methoxy groups -OCH3 is 1. The highest BCUT2D eigenvalue weighted by Crippen LogP contribution is 2.32. The highest BCUT2D eigenvalue weighted by atomic mass is 32.1. The number of carbonyl (C=O) groups excluding carboxylic acids is 2. The summed E-state index contributed by atoms with van der Waals surface area (Å²) in [5.74, 6) is -1.71. The van der Waals surface area contributed by atoms with Crippen molar-refractivity contribution >= 4 is 39.2 Å². The number of nitro benzene ring substituents is 1. The summed E-state index contributed by atoms with van der Waals surface area (Å²) in [7, 11) is 1.11. The minimum absolute atomic E-state index is 0.0179. The quantitative estimate of drug-likeness (QED) is 0.273. The van der Waals surface area contributed by atoms with Gasteiger partial charge in [-0.25, -0.2) is 9.59 Å². The molecular formula is C12H10N2O7S. The van der Waals surface area contributed by atoms with E-state index in [1.54, 1.807) is 6.92 Å². The van der Waals surface area contributed by atoms with Gasteiger partial charge in [0.2, 0.25) is 5.52 Å². The van der Waals surface area contributed by atoms with Gasteiger partial charge in [-0.3, -0.25) is 10.1 Å². The molecule has 116 valence electrons. The Kier molecular flexibility index (Phi) is 4.22. The number of aromatic nitrogens is 1. The SMILES string of the molecule is CCOC(=O)c1sc2c([N+](=O)[O-])cc(C(=O)OC)cc2[n+]1[O-]. The number of ether oxygens (including phenoxy) is 2. The van der Waals surface area contributed by atoms with E-state index in [1.807, 2.05) is 0 Å². The molecule has 1 heterocycles. The largest absolute Gasteiger partial charge is 0.617 e. The van der Waals surface area contributed by atoms with E-state index in [0.29, 0.717) is 11.3 Å². The molecule has 0 fully saturated rings. The van der Waals surface area contributed by atoms with Crippen LogP contribution in [0.2, 0.25) is 0 Å². The Labute approximate surface area is 127 Å². The van der Waals surface area contributed by atoms with E-state index in [4.69, 9.17) is 4.74 Å². The molecule has 0 N–H and O–H groups in total. The number of fused-ring (bicyclic) bond motifs is 1. The second-order valence-corrected chi connectivity index (χ2v) is 5.01. The molecule has 0 amide bonds. The van der Waals surface area contributed by atoms with E-state index in [9.17, 15) is 24.9 Å². The second-order valence-electron chi connectivity index (χ2n) is 4.01. The number of hydrogen-bond acceptors (Lipinski definition) is 8. The maximum absolute atomic E-state index is 12.1. The Balaban J connectivity index is 2.75. The third kappa shape index (κ3) is 2.55. The third-order valence-corrected chi connectivity index (χ3v) is 3.87. The lowest BCUT2D eigenvalue weighted by molar-refractivity contribution is -0.575. The van der Waals surface area contributed by atoms with Crippen LogP contribution in [0.25, 0.3) is 10.2 Å². The van der Waals surface area contributed by atoms with Crippen LogP contribution in [0.5, 0.6) is 0 Å². The minimum atomic E-state index is -0.882. The number of benzene rings is 1. The zero-order valence-corrected chi connectivity index (χ0v) is 12.3. The van der Waals surface area contributed by atoms with Gasteiger partial charge in [0, 0.05) is 12.1 Å². The summed E-state index contributed by atoms with van der Waals surface area (Å²) >= 11 is 0.637. The monoisotopic (exact) mass is 326 g/mol. The van der Waals surface area contributed by atoms with Crippen LogP contribution in [-0.4, -0.2) is 30.6 Å². The first-order valence-electron chi connectivity index (χ1n) is 6.00. The second kappa shape index (κ2) is 5.93. The molecule has 0 radical (unpaired) electrons. The number of rotatable bonds is 4. The van der Waals surface area contributed by atoms with Gasteiger partial charge < -0.3 is 14.7 Å². The summed E-state index contributed by atoms with van der Waals surface area (Å²) in [4.78, 5) is 33.6. The van der Waals surface area contributed by atoms with Crippen molar-refractivity contribution in [1.29, 1.82) is 0 Å². The average Bonchev–Trinajstić information content (AvgIpc) is 2.83. The molecule has 0 aliphatic rings. The first kappa shape index (κ1) is 15.6. The van der Waals surface area contributed by atoms with Gasteiger partial charge in [-0.2, -0.15) is 0 Å². The minimum Gasteiger partial charge on any atom is -0.617 e. The van der Waals surface area contributed by atoms with Crippen LogP contribution in [0, 0.1) is 15.3 Å². The van der Waals surface area contributed by atoms with E-state index in [2.05, 4.69) is 4.74 Å². The van der Waals surface area contributed by atoms with Crippen molar-refractivity contribution in [3.63, 3.8) is 0 Å². The topological polar surface area (TPSA) is 123 Å². The van der Waals surface area contributed by atoms with Crippen molar-refractivity contribution in [3.8, 4) is 0 Å². The molecule has 9 nitrogen and oxygen atoms in total. The van der Waals surface area contributed by atoms with Crippen molar-refractivity contribution in [1.82, 2.24) is 0 Å². The maximum atomic E-state index is 12.1. The molecule has 0 saturated carbocycles. The van der Waals surface area contributed by atoms with E-state index in [-0.39, 0.29) is 32.1 Å². The van der Waals surface area contributed by atoms with Crippen LogP contribution in [0.1, 0.15) is 27.1 Å². The molecule has 0 aliphatic heterocycles. The lowest BCUT2D eigenvalue weighted by Crippen LogP contribution is -2.32. The highest BCUT2D eigenvalue weighted by Gasteiger charge is 2.31. The van der Waals surface area contributed by atoms with Gasteiger partial charge in [-0.1, -0.05) is 0 Å². The fraction of sp³-hybridized carbons (Fsp3) is 0.250. The number of thiazole rings is 1. The van der Waals surface area contributed by atoms with E-state index in [0.717, 1.165) is 19.2 Å². The Morgan fingerprint density at radius 3 is 2.59 bits per heavy atom. The number of nitro groups is 1. The molecule has 1 aromatic carbocycles. The van der Waals surface area contributed by atoms with Gasteiger partial charge in [-0.05, 0) is 18.3 Å². The molecule has 0 bridgehead atoms. The molecule has 2 rings (SSSR count). The molecule has 0 spiro atoms. The summed E-state index contributed by atoms with van der Waals surface area (Å²) < 4.78 is 9.42. The number of non-ortho nitro benzene ring substituents is 1. The van der Waals surface area contributed by atoms with Crippen molar-refractivity contribution in [2.24, 2.45) is 0 Å². The fourth-order valence-electron chi connectivity index (χ4n) is 1.79. The Morgan fingerprint density at radius 1 is 1.36 bits per heavy atom. The normalized spacial score (nSPS) is 10.5. The molecular weight excluding hydrogens is 316 g/mol. The smallest absolute Gasteiger partial charge is 0.416 e. The number of hydrogen-bond donors (Lipinski definition) is 0. The van der Waals surface area contributed by atoms with Crippen LogP contribution in [0.4, 0.5) is 5.69 Å². The molecule has 22 heavy (non-hydrogen) atoms. The van der Waals surface area contributed by atoms with Gasteiger partial charge in [0.1, 0.15) is 0 Å². The van der Waals surface area contributed by atoms with Crippen molar-refractivity contribution in [3.05, 3.63) is 38.0 Å². The summed E-state index contributed by atoms with van der Waals surface area (Å²) in [6.45, 7) is 1.63. The molecule has 0 unspecified atom stereocenters. The Bertz CT molecular complexity index is 783. The van der Waals surface area contributed by atoms with Crippen molar-refractivity contribution in [2.45, 2.75) is 6.92 Å². The van der Waals surface area contributed by atoms with Crippen LogP contribution in [0.3, 0.4) is 0 Å². The van der Waals surface area contributed by atoms with Gasteiger partial charge in [-0.15, -0.1) is 4.73 Å². The standard InChI is InChI=1S/C12H10N2O7S/c1-3-21-12(16)10-13(17)7-4-6(11(15)20-2)5-8(14(18)19)9(7)22-10/h4-5H,3H2,1-2H3. The van der Waals surface area contributed by atoms with Gasteiger partial charge in [0.15, 0.2) is 4.70 Å². The predicted molar refractivity (Wildman–Crippen MR) is 74.7 cm³/mol. The maximum Gasteiger partial charge on any atom is 0.416 e. The van der Waals surface area contributed by atoms with Gasteiger partial charge in [0.05, 0.1) is 24.2 Å². The number of carbonyl (C=O) groups is 2. The number of esters is 2. The van der Waals surface area contributed by atoms with Crippen LogP contribution in [-0.2, 0) is 9.47 Å². The molecule has 1 aromatic heterocycles. The lowest BCUT2D eigenvalue weighted by Gasteiger charge is -2.00. The first-order chi connectivity index (χ1) is 10.4. The van der Waals surface area contributed by atoms with Crippen LogP contribution < -0.4 is 4.73 Å². The molecule has 2 aromatic rings. The van der Waals surface area contributed by atoms with Crippen molar-refractivity contribution < 1.29 is 28.7 Å². The first-order valence-corrected chi connectivity index (χ1v) is 6.82. The van der Waals surface area contributed by atoms with Crippen molar-refractivity contribution in [2.75, 3.05) is 13.7 Å². The third-order valence-electron chi connectivity index (χ3n) is 2.72.